The van der Waals surface area contributed by atoms with Gasteiger partial charge < -0.3 is 10.1 Å². The molecular weight excluding hydrogens is 342 g/mol. The summed E-state index contributed by atoms with van der Waals surface area (Å²) in [5.41, 5.74) is 2.61. The van der Waals surface area contributed by atoms with Gasteiger partial charge in [0.2, 0.25) is 5.91 Å². The highest BCUT2D eigenvalue weighted by Crippen LogP contribution is 2.20. The maximum Gasteiger partial charge on any atom is 0.267 e. The number of hydrogen-bond acceptors (Lipinski definition) is 4. The first kappa shape index (κ1) is 18.9. The molecule has 1 amide bonds. The number of allylic oxidation sites excluding steroid dienone is 1. The first-order valence-electron chi connectivity index (χ1n) is 9.33. The van der Waals surface area contributed by atoms with E-state index in [9.17, 15) is 9.59 Å². The molecule has 1 N–H and O–H groups in total. The highest BCUT2D eigenvalue weighted by molar-refractivity contribution is 5.75. The summed E-state index contributed by atoms with van der Waals surface area (Å²) >= 11 is 0. The highest BCUT2D eigenvalue weighted by Gasteiger charge is 2.09. The van der Waals surface area contributed by atoms with E-state index in [1.54, 1.807) is 13.2 Å². The molecule has 0 radical (unpaired) electrons. The lowest BCUT2D eigenvalue weighted by Crippen LogP contribution is -2.34. The number of carbonyl (C=O) groups excluding carboxylic acids is 1. The Morgan fingerprint density at radius 2 is 2.00 bits per heavy atom. The van der Waals surface area contributed by atoms with Crippen LogP contribution in [0.15, 0.2) is 52.8 Å². The van der Waals surface area contributed by atoms with Crippen molar-refractivity contribution in [3.8, 4) is 17.0 Å². The Bertz CT molecular complexity index is 869. The zero-order valence-corrected chi connectivity index (χ0v) is 15.6. The third-order valence-electron chi connectivity index (χ3n) is 4.70. The van der Waals surface area contributed by atoms with Gasteiger partial charge in [-0.3, -0.25) is 9.59 Å². The number of methoxy groups -OCH3 is 1. The van der Waals surface area contributed by atoms with Crippen LogP contribution in [-0.4, -0.2) is 29.3 Å². The number of ether oxygens (including phenoxy) is 1. The van der Waals surface area contributed by atoms with Crippen molar-refractivity contribution in [3.05, 3.63) is 58.4 Å². The summed E-state index contributed by atoms with van der Waals surface area (Å²) in [5.74, 6) is 0.549. The molecule has 1 aliphatic rings. The molecule has 0 fully saturated rings. The van der Waals surface area contributed by atoms with E-state index in [0.29, 0.717) is 12.2 Å². The smallest absolute Gasteiger partial charge is 0.267 e. The van der Waals surface area contributed by atoms with E-state index in [1.807, 2.05) is 24.3 Å². The van der Waals surface area contributed by atoms with Crippen molar-refractivity contribution < 1.29 is 9.53 Å². The third-order valence-corrected chi connectivity index (χ3v) is 4.70. The van der Waals surface area contributed by atoms with E-state index < -0.39 is 0 Å². The summed E-state index contributed by atoms with van der Waals surface area (Å²) in [7, 11) is 1.61. The molecule has 0 atom stereocenters. The zero-order chi connectivity index (χ0) is 19.1. The van der Waals surface area contributed by atoms with E-state index in [1.165, 1.54) is 29.2 Å². The molecule has 0 saturated heterocycles. The minimum Gasteiger partial charge on any atom is -0.497 e. The molecule has 6 nitrogen and oxygen atoms in total. The van der Waals surface area contributed by atoms with E-state index >= 15 is 0 Å². The van der Waals surface area contributed by atoms with Crippen LogP contribution in [0.5, 0.6) is 5.75 Å². The number of hydrogen-bond donors (Lipinski definition) is 1. The van der Waals surface area contributed by atoms with Gasteiger partial charge in [0.1, 0.15) is 12.3 Å². The monoisotopic (exact) mass is 367 g/mol. The van der Waals surface area contributed by atoms with Crippen LogP contribution in [-0.2, 0) is 11.3 Å². The number of nitrogens with zero attached hydrogens (tertiary/aromatic N) is 2. The van der Waals surface area contributed by atoms with Crippen molar-refractivity contribution in [1.82, 2.24) is 15.1 Å². The highest BCUT2D eigenvalue weighted by atomic mass is 16.5. The number of benzene rings is 1. The first-order chi connectivity index (χ1) is 13.2. The van der Waals surface area contributed by atoms with Crippen LogP contribution in [0.2, 0.25) is 0 Å². The average Bonchev–Trinajstić information content (AvgIpc) is 2.70. The van der Waals surface area contributed by atoms with Gasteiger partial charge in [0.15, 0.2) is 0 Å². The Kier molecular flexibility index (Phi) is 6.41. The van der Waals surface area contributed by atoms with Crippen LogP contribution in [0.1, 0.15) is 32.1 Å². The topological polar surface area (TPSA) is 73.2 Å². The van der Waals surface area contributed by atoms with Gasteiger partial charge in [-0.1, -0.05) is 11.6 Å². The van der Waals surface area contributed by atoms with E-state index in [-0.39, 0.29) is 18.0 Å². The SMILES string of the molecule is COc1ccc(-c2ccc(=O)n(CC(=O)NCCC3=CCCCC3)n2)cc1. The predicted octanol–water partition coefficient (Wildman–Crippen LogP) is 2.93. The second kappa shape index (κ2) is 9.16. The molecule has 0 bridgehead atoms. The second-order valence-corrected chi connectivity index (χ2v) is 6.65. The van der Waals surface area contributed by atoms with Gasteiger partial charge in [-0.15, -0.1) is 0 Å². The largest absolute Gasteiger partial charge is 0.497 e. The third kappa shape index (κ3) is 5.29. The number of carbonyl (C=O) groups is 1. The van der Waals surface area contributed by atoms with Crippen LogP contribution in [0.3, 0.4) is 0 Å². The summed E-state index contributed by atoms with van der Waals surface area (Å²) in [6.07, 6.45) is 7.91. The van der Waals surface area contributed by atoms with Crippen molar-refractivity contribution in [2.45, 2.75) is 38.6 Å². The van der Waals surface area contributed by atoms with Crippen molar-refractivity contribution in [3.63, 3.8) is 0 Å². The van der Waals surface area contributed by atoms with E-state index in [2.05, 4.69) is 16.5 Å². The Balaban J connectivity index is 1.60. The lowest BCUT2D eigenvalue weighted by Gasteiger charge is -2.13. The van der Waals surface area contributed by atoms with Crippen LogP contribution >= 0.6 is 0 Å². The van der Waals surface area contributed by atoms with Gasteiger partial charge in [0.05, 0.1) is 12.8 Å². The zero-order valence-electron chi connectivity index (χ0n) is 15.6. The van der Waals surface area contributed by atoms with Gasteiger partial charge in [-0.2, -0.15) is 5.10 Å². The van der Waals surface area contributed by atoms with Gasteiger partial charge in [-0.25, -0.2) is 4.68 Å². The molecular formula is C21H25N3O3. The summed E-state index contributed by atoms with van der Waals surface area (Å²) < 4.78 is 6.35. The standard InChI is InChI=1S/C21H25N3O3/c1-27-18-9-7-17(8-10-18)19-11-12-21(26)24(23-19)15-20(25)22-14-13-16-5-3-2-4-6-16/h5,7-12H,2-4,6,13-15H2,1H3,(H,22,25). The van der Waals surface area contributed by atoms with Crippen molar-refractivity contribution in [2.24, 2.45) is 0 Å². The van der Waals surface area contributed by atoms with Gasteiger partial charge >= 0.3 is 0 Å². The Morgan fingerprint density at radius 3 is 2.70 bits per heavy atom. The van der Waals surface area contributed by atoms with E-state index in [0.717, 1.165) is 30.6 Å². The van der Waals surface area contributed by atoms with Crippen LogP contribution in [0.4, 0.5) is 0 Å². The maximum absolute atomic E-state index is 12.2. The average molecular weight is 367 g/mol. The molecule has 3 rings (SSSR count). The predicted molar refractivity (Wildman–Crippen MR) is 105 cm³/mol. The molecule has 2 aromatic rings. The van der Waals surface area contributed by atoms with Crippen molar-refractivity contribution in [2.75, 3.05) is 13.7 Å². The lowest BCUT2D eigenvalue weighted by atomic mass is 9.97. The Labute approximate surface area is 158 Å². The van der Waals surface area contributed by atoms with Crippen molar-refractivity contribution in [1.29, 1.82) is 0 Å². The van der Waals surface area contributed by atoms with Gasteiger partial charge in [-0.05, 0) is 62.4 Å². The number of aromatic nitrogens is 2. The molecule has 1 aliphatic carbocycles. The molecule has 6 heteroatoms. The first-order valence-corrected chi connectivity index (χ1v) is 9.33. The molecule has 1 aromatic heterocycles. The quantitative estimate of drug-likeness (QED) is 0.764. The van der Waals surface area contributed by atoms with Crippen LogP contribution in [0.25, 0.3) is 11.3 Å². The lowest BCUT2D eigenvalue weighted by molar-refractivity contribution is -0.121. The summed E-state index contributed by atoms with van der Waals surface area (Å²) in [6, 6.07) is 10.5. The van der Waals surface area contributed by atoms with E-state index in [4.69, 9.17) is 4.74 Å². The molecule has 0 aliphatic heterocycles. The number of amides is 1. The molecule has 1 aromatic carbocycles. The molecule has 1 heterocycles. The summed E-state index contributed by atoms with van der Waals surface area (Å²) in [5, 5.41) is 7.21. The Morgan fingerprint density at radius 1 is 1.19 bits per heavy atom. The maximum atomic E-state index is 12.2. The molecule has 142 valence electrons. The molecule has 0 unspecified atom stereocenters. The minimum absolute atomic E-state index is 0.0815. The molecule has 27 heavy (non-hydrogen) atoms. The van der Waals surface area contributed by atoms with Crippen molar-refractivity contribution >= 4 is 5.91 Å². The fraction of sp³-hybridized carbons (Fsp3) is 0.381. The fourth-order valence-electron chi connectivity index (χ4n) is 3.16. The number of nitrogens with one attached hydrogen (secondary N) is 1. The van der Waals surface area contributed by atoms with Crippen LogP contribution < -0.4 is 15.6 Å². The molecule has 0 spiro atoms. The summed E-state index contributed by atoms with van der Waals surface area (Å²) in [4.78, 5) is 24.2. The second-order valence-electron chi connectivity index (χ2n) is 6.65. The summed E-state index contributed by atoms with van der Waals surface area (Å²) in [6.45, 7) is 0.513. The number of rotatable bonds is 7. The normalized spacial score (nSPS) is 13.7. The fourth-order valence-corrected chi connectivity index (χ4v) is 3.16. The van der Waals surface area contributed by atoms with Gasteiger partial charge in [0, 0.05) is 18.2 Å². The minimum atomic E-state index is -0.294. The van der Waals surface area contributed by atoms with Gasteiger partial charge in [0.25, 0.3) is 5.56 Å². The molecule has 0 saturated carbocycles. The van der Waals surface area contributed by atoms with Crippen LogP contribution in [0, 0.1) is 0 Å². The Hall–Kier alpha value is -2.89.